The van der Waals surface area contributed by atoms with Crippen LogP contribution in [0.3, 0.4) is 0 Å². The van der Waals surface area contributed by atoms with E-state index in [1.54, 1.807) is 0 Å². The Morgan fingerprint density at radius 3 is 2.78 bits per heavy atom. The number of hydrogen-bond acceptors (Lipinski definition) is 1. The zero-order chi connectivity index (χ0) is 13.2. The molecule has 2 rings (SSSR count). The summed E-state index contributed by atoms with van der Waals surface area (Å²) in [5.74, 6) is 0.822. The van der Waals surface area contributed by atoms with Crippen LogP contribution < -0.4 is 5.32 Å². The minimum absolute atomic E-state index is 0.00876. The number of aryl methyl sites for hydroxylation is 1. The van der Waals surface area contributed by atoms with E-state index >= 15 is 0 Å². The first-order valence-corrected chi connectivity index (χ1v) is 6.99. The fourth-order valence-electron chi connectivity index (χ4n) is 3.10. The van der Waals surface area contributed by atoms with Gasteiger partial charge in [-0.15, -0.1) is 0 Å². The average molecular weight is 248 g/mol. The fourth-order valence-corrected chi connectivity index (χ4v) is 3.10. The molecule has 1 aromatic heterocycles. The van der Waals surface area contributed by atoms with Gasteiger partial charge in [0, 0.05) is 30.9 Å². The van der Waals surface area contributed by atoms with Gasteiger partial charge in [0.2, 0.25) is 5.91 Å². The standard InChI is InChI=1S/C15H24N2O/c1-4-17-8-6-13(11-17)10-15(9-12(2)3)7-5-14(18)16-15/h6,8,11-12H,4-5,7,9-10H2,1-3H3,(H,16,18). The van der Waals surface area contributed by atoms with Crippen molar-refractivity contribution in [2.75, 3.05) is 0 Å². The number of amides is 1. The van der Waals surface area contributed by atoms with Gasteiger partial charge in [-0.05, 0) is 43.7 Å². The Balaban J connectivity index is 2.12. The number of rotatable bonds is 5. The SMILES string of the molecule is CCn1ccc(CC2(CC(C)C)CCC(=O)N2)c1. The van der Waals surface area contributed by atoms with E-state index in [4.69, 9.17) is 0 Å². The zero-order valence-corrected chi connectivity index (χ0v) is 11.7. The van der Waals surface area contributed by atoms with Crippen molar-refractivity contribution in [3.63, 3.8) is 0 Å². The highest BCUT2D eigenvalue weighted by Crippen LogP contribution is 2.31. The molecule has 3 heteroatoms. The Kier molecular flexibility index (Phi) is 3.79. The van der Waals surface area contributed by atoms with Crippen LogP contribution in [0, 0.1) is 5.92 Å². The Morgan fingerprint density at radius 2 is 2.28 bits per heavy atom. The lowest BCUT2D eigenvalue weighted by Gasteiger charge is -2.31. The molecule has 0 aliphatic carbocycles. The molecule has 100 valence electrons. The average Bonchev–Trinajstić information content (AvgIpc) is 2.86. The molecule has 0 saturated carbocycles. The first kappa shape index (κ1) is 13.2. The predicted molar refractivity (Wildman–Crippen MR) is 73.4 cm³/mol. The molecular weight excluding hydrogens is 224 g/mol. The van der Waals surface area contributed by atoms with Gasteiger partial charge in [-0.1, -0.05) is 13.8 Å². The maximum absolute atomic E-state index is 11.6. The van der Waals surface area contributed by atoms with Gasteiger partial charge in [-0.2, -0.15) is 0 Å². The second-order valence-electron chi connectivity index (χ2n) is 5.95. The van der Waals surface area contributed by atoms with Gasteiger partial charge >= 0.3 is 0 Å². The Hall–Kier alpha value is -1.25. The first-order valence-electron chi connectivity index (χ1n) is 6.99. The van der Waals surface area contributed by atoms with Gasteiger partial charge in [-0.3, -0.25) is 4.79 Å². The number of hydrogen-bond donors (Lipinski definition) is 1. The molecule has 0 bridgehead atoms. The highest BCUT2D eigenvalue weighted by Gasteiger charge is 2.38. The van der Waals surface area contributed by atoms with Crippen LogP contribution in [0.4, 0.5) is 0 Å². The van der Waals surface area contributed by atoms with E-state index in [1.165, 1.54) is 5.56 Å². The molecule has 1 N–H and O–H groups in total. The van der Waals surface area contributed by atoms with Crippen molar-refractivity contribution in [2.45, 2.75) is 58.5 Å². The summed E-state index contributed by atoms with van der Waals surface area (Å²) in [7, 11) is 0. The highest BCUT2D eigenvalue weighted by atomic mass is 16.2. The van der Waals surface area contributed by atoms with Gasteiger partial charge in [0.1, 0.15) is 0 Å². The minimum Gasteiger partial charge on any atom is -0.354 e. The van der Waals surface area contributed by atoms with E-state index < -0.39 is 0 Å². The second-order valence-corrected chi connectivity index (χ2v) is 5.95. The van der Waals surface area contributed by atoms with Gasteiger partial charge < -0.3 is 9.88 Å². The molecule has 1 unspecified atom stereocenters. The van der Waals surface area contributed by atoms with Gasteiger partial charge in [-0.25, -0.2) is 0 Å². The molecule has 1 amide bonds. The molecule has 1 fully saturated rings. The minimum atomic E-state index is -0.00876. The molecule has 0 aromatic carbocycles. The normalized spacial score (nSPS) is 23.7. The van der Waals surface area contributed by atoms with E-state index in [-0.39, 0.29) is 11.4 Å². The van der Waals surface area contributed by atoms with Gasteiger partial charge in [0.25, 0.3) is 0 Å². The number of carbonyl (C=O) groups is 1. The molecule has 2 heterocycles. The van der Waals surface area contributed by atoms with Crippen molar-refractivity contribution in [1.29, 1.82) is 0 Å². The predicted octanol–water partition coefficient (Wildman–Crippen LogP) is 2.75. The van der Waals surface area contributed by atoms with Crippen molar-refractivity contribution >= 4 is 5.91 Å². The molecule has 18 heavy (non-hydrogen) atoms. The lowest BCUT2D eigenvalue weighted by atomic mass is 9.83. The number of nitrogens with one attached hydrogen (secondary N) is 1. The van der Waals surface area contributed by atoms with Gasteiger partial charge in [0.15, 0.2) is 0 Å². The van der Waals surface area contributed by atoms with Crippen LogP contribution in [-0.4, -0.2) is 16.0 Å². The summed E-state index contributed by atoms with van der Waals surface area (Å²) in [6.07, 6.45) is 8.00. The van der Waals surface area contributed by atoms with Crippen molar-refractivity contribution in [3.8, 4) is 0 Å². The van der Waals surface area contributed by atoms with Crippen LogP contribution in [0.25, 0.3) is 0 Å². The molecule has 0 radical (unpaired) electrons. The van der Waals surface area contributed by atoms with Crippen LogP contribution in [0.15, 0.2) is 18.5 Å². The molecule has 1 aromatic rings. The summed E-state index contributed by atoms with van der Waals surface area (Å²) in [6, 6.07) is 2.18. The van der Waals surface area contributed by atoms with E-state index in [1.807, 2.05) is 0 Å². The van der Waals surface area contributed by atoms with Crippen molar-refractivity contribution in [2.24, 2.45) is 5.92 Å². The summed E-state index contributed by atoms with van der Waals surface area (Å²) in [4.78, 5) is 11.6. The van der Waals surface area contributed by atoms with Crippen LogP contribution >= 0.6 is 0 Å². The fraction of sp³-hybridized carbons (Fsp3) is 0.667. The molecule has 3 nitrogen and oxygen atoms in total. The maximum atomic E-state index is 11.6. The molecule has 1 aliphatic rings. The van der Waals surface area contributed by atoms with E-state index in [2.05, 4.69) is 49.1 Å². The van der Waals surface area contributed by atoms with Crippen LogP contribution in [0.5, 0.6) is 0 Å². The summed E-state index contributed by atoms with van der Waals surface area (Å²) in [6.45, 7) is 7.60. The van der Waals surface area contributed by atoms with Gasteiger partial charge in [0.05, 0.1) is 0 Å². The zero-order valence-electron chi connectivity index (χ0n) is 11.7. The van der Waals surface area contributed by atoms with E-state index in [0.29, 0.717) is 12.3 Å². The van der Waals surface area contributed by atoms with E-state index in [0.717, 1.165) is 25.8 Å². The lowest BCUT2D eigenvalue weighted by molar-refractivity contribution is -0.119. The van der Waals surface area contributed by atoms with Crippen LogP contribution in [0.2, 0.25) is 0 Å². The molecular formula is C15H24N2O. The first-order chi connectivity index (χ1) is 8.53. The third-order valence-electron chi connectivity index (χ3n) is 3.75. The molecule has 1 saturated heterocycles. The smallest absolute Gasteiger partial charge is 0.220 e. The van der Waals surface area contributed by atoms with Crippen molar-refractivity contribution in [1.82, 2.24) is 9.88 Å². The summed E-state index contributed by atoms with van der Waals surface area (Å²) in [5, 5.41) is 3.23. The monoisotopic (exact) mass is 248 g/mol. The second kappa shape index (κ2) is 5.17. The Bertz CT molecular complexity index is 422. The van der Waals surface area contributed by atoms with Crippen molar-refractivity contribution < 1.29 is 4.79 Å². The maximum Gasteiger partial charge on any atom is 0.220 e. The lowest BCUT2D eigenvalue weighted by Crippen LogP contribution is -2.44. The molecule has 1 aliphatic heterocycles. The third kappa shape index (κ3) is 2.95. The van der Waals surface area contributed by atoms with Crippen LogP contribution in [-0.2, 0) is 17.8 Å². The van der Waals surface area contributed by atoms with Crippen molar-refractivity contribution in [3.05, 3.63) is 24.0 Å². The number of aromatic nitrogens is 1. The Labute approximate surface area is 110 Å². The molecule has 0 spiro atoms. The molecule has 1 atom stereocenters. The third-order valence-corrected chi connectivity index (χ3v) is 3.75. The summed E-state index contributed by atoms with van der Waals surface area (Å²) >= 11 is 0. The quantitative estimate of drug-likeness (QED) is 0.854. The van der Waals surface area contributed by atoms with E-state index in [9.17, 15) is 4.79 Å². The topological polar surface area (TPSA) is 34.0 Å². The summed E-state index contributed by atoms with van der Waals surface area (Å²) < 4.78 is 2.19. The number of nitrogens with zero attached hydrogens (tertiary/aromatic N) is 1. The summed E-state index contributed by atoms with van der Waals surface area (Å²) in [5.41, 5.74) is 1.32. The Morgan fingerprint density at radius 1 is 1.50 bits per heavy atom. The highest BCUT2D eigenvalue weighted by molar-refractivity contribution is 5.79. The van der Waals surface area contributed by atoms with Crippen LogP contribution in [0.1, 0.15) is 45.6 Å². The largest absolute Gasteiger partial charge is 0.354 e. The number of carbonyl (C=O) groups excluding carboxylic acids is 1.